The molecule has 2 N–H and O–H groups in total. The first-order valence-corrected chi connectivity index (χ1v) is 8.74. The molecule has 1 aromatic heterocycles. The third-order valence-corrected chi connectivity index (χ3v) is 4.12. The molecule has 128 valence electrons. The molecule has 0 aliphatic carbocycles. The monoisotopic (exact) mass is 438 g/mol. The zero-order valence-electron chi connectivity index (χ0n) is 14.5. The van der Waals surface area contributed by atoms with Crippen LogP contribution in [0.25, 0.3) is 0 Å². The lowest BCUT2D eigenvalue weighted by atomic mass is 9.93. The maximum absolute atomic E-state index is 4.68. The molecule has 0 aromatic carbocycles. The molecule has 22 heavy (non-hydrogen) atoms. The minimum atomic E-state index is 0. The molecule has 0 aliphatic rings. The van der Waals surface area contributed by atoms with Gasteiger partial charge in [-0.25, -0.2) is 4.98 Å². The zero-order valence-corrected chi connectivity index (χ0v) is 17.7. The summed E-state index contributed by atoms with van der Waals surface area (Å²) in [6.07, 6.45) is 5.05. The molecular formula is C16H31IN4S. The molecule has 6 heteroatoms. The Morgan fingerprint density at radius 1 is 1.23 bits per heavy atom. The van der Waals surface area contributed by atoms with Gasteiger partial charge in [0, 0.05) is 24.4 Å². The van der Waals surface area contributed by atoms with Crippen LogP contribution in [0.5, 0.6) is 0 Å². The molecule has 1 heterocycles. The van der Waals surface area contributed by atoms with Gasteiger partial charge >= 0.3 is 0 Å². The number of aliphatic imine (C=N–C) groups is 1. The van der Waals surface area contributed by atoms with E-state index >= 15 is 0 Å². The highest BCUT2D eigenvalue weighted by molar-refractivity contribution is 14.0. The highest BCUT2D eigenvalue weighted by Crippen LogP contribution is 2.23. The van der Waals surface area contributed by atoms with Crippen LogP contribution in [0.3, 0.4) is 0 Å². The van der Waals surface area contributed by atoms with E-state index < -0.39 is 0 Å². The van der Waals surface area contributed by atoms with Crippen molar-refractivity contribution >= 4 is 41.3 Å². The molecule has 0 unspecified atom stereocenters. The second-order valence-corrected chi connectivity index (χ2v) is 7.23. The van der Waals surface area contributed by atoms with Crippen LogP contribution in [0.1, 0.15) is 64.1 Å². The van der Waals surface area contributed by atoms with Crippen LogP contribution in [0.4, 0.5) is 0 Å². The molecule has 4 nitrogen and oxygen atoms in total. The summed E-state index contributed by atoms with van der Waals surface area (Å²) in [5.74, 6) is 0.860. The van der Waals surface area contributed by atoms with Crippen LogP contribution in [0, 0.1) is 0 Å². The number of aromatic nitrogens is 1. The smallest absolute Gasteiger partial charge is 0.191 e. The normalized spacial score (nSPS) is 12.0. The summed E-state index contributed by atoms with van der Waals surface area (Å²) in [5, 5.41) is 9.94. The van der Waals surface area contributed by atoms with Crippen LogP contribution in [0.2, 0.25) is 0 Å². The summed E-state index contributed by atoms with van der Waals surface area (Å²) in [6.45, 7) is 10.5. The van der Waals surface area contributed by atoms with Crippen molar-refractivity contribution in [3.05, 3.63) is 16.1 Å². The van der Waals surface area contributed by atoms with Gasteiger partial charge in [-0.2, -0.15) is 0 Å². The van der Waals surface area contributed by atoms with Gasteiger partial charge < -0.3 is 10.6 Å². The molecule has 0 radical (unpaired) electrons. The number of halogens is 1. The number of hydrogen-bond acceptors (Lipinski definition) is 3. The molecule has 0 aliphatic heterocycles. The minimum absolute atomic E-state index is 0. The fourth-order valence-electron chi connectivity index (χ4n) is 1.88. The summed E-state index contributed by atoms with van der Waals surface area (Å²) in [6, 6.07) is 0. The fraction of sp³-hybridized carbons (Fsp3) is 0.750. The second kappa shape index (κ2) is 11.2. The van der Waals surface area contributed by atoms with Crippen molar-refractivity contribution in [3.8, 4) is 0 Å². The van der Waals surface area contributed by atoms with Gasteiger partial charge in [0.15, 0.2) is 5.96 Å². The summed E-state index contributed by atoms with van der Waals surface area (Å²) >= 11 is 1.71. The van der Waals surface area contributed by atoms with Gasteiger partial charge in [0.25, 0.3) is 0 Å². The first-order valence-electron chi connectivity index (χ1n) is 7.86. The van der Waals surface area contributed by atoms with E-state index in [9.17, 15) is 0 Å². The van der Waals surface area contributed by atoms with Gasteiger partial charge in [-0.15, -0.1) is 35.3 Å². The Bertz CT molecular complexity index is 438. The Morgan fingerprint density at radius 2 is 1.95 bits per heavy atom. The van der Waals surface area contributed by atoms with E-state index in [0.29, 0.717) is 0 Å². The van der Waals surface area contributed by atoms with Crippen molar-refractivity contribution in [2.75, 3.05) is 13.6 Å². The van der Waals surface area contributed by atoms with Crippen molar-refractivity contribution in [2.24, 2.45) is 4.99 Å². The second-order valence-electron chi connectivity index (χ2n) is 6.29. The van der Waals surface area contributed by atoms with E-state index in [4.69, 9.17) is 0 Å². The van der Waals surface area contributed by atoms with Gasteiger partial charge in [0.1, 0.15) is 5.01 Å². The van der Waals surface area contributed by atoms with E-state index in [2.05, 4.69) is 53.7 Å². The van der Waals surface area contributed by atoms with Crippen molar-refractivity contribution in [1.82, 2.24) is 15.6 Å². The predicted molar refractivity (Wildman–Crippen MR) is 109 cm³/mol. The lowest BCUT2D eigenvalue weighted by Crippen LogP contribution is -2.37. The lowest BCUT2D eigenvalue weighted by Gasteiger charge is -2.14. The summed E-state index contributed by atoms with van der Waals surface area (Å²) in [4.78, 5) is 8.93. The van der Waals surface area contributed by atoms with Crippen LogP contribution in [0.15, 0.2) is 10.4 Å². The van der Waals surface area contributed by atoms with Gasteiger partial charge in [0.05, 0.1) is 12.2 Å². The zero-order chi connectivity index (χ0) is 15.7. The molecule has 0 saturated heterocycles. The fourth-order valence-corrected chi connectivity index (χ4v) is 2.84. The number of nitrogens with zero attached hydrogens (tertiary/aromatic N) is 2. The Morgan fingerprint density at radius 3 is 2.50 bits per heavy atom. The van der Waals surface area contributed by atoms with E-state index in [0.717, 1.165) is 29.8 Å². The van der Waals surface area contributed by atoms with E-state index in [1.807, 2.05) is 7.05 Å². The maximum atomic E-state index is 4.68. The Kier molecular flexibility index (Phi) is 11.0. The molecular weight excluding hydrogens is 407 g/mol. The quantitative estimate of drug-likeness (QED) is 0.289. The van der Waals surface area contributed by atoms with Crippen molar-refractivity contribution in [1.29, 1.82) is 0 Å². The predicted octanol–water partition coefficient (Wildman–Crippen LogP) is 4.30. The molecule has 0 spiro atoms. The van der Waals surface area contributed by atoms with Gasteiger partial charge in [-0.3, -0.25) is 4.99 Å². The SMILES string of the molecule is CCCCCCNC(=NC)NCc1nc(C(C)(C)C)cs1.I. The largest absolute Gasteiger partial charge is 0.356 e. The van der Waals surface area contributed by atoms with Crippen LogP contribution < -0.4 is 10.6 Å². The lowest BCUT2D eigenvalue weighted by molar-refractivity contribution is 0.570. The maximum Gasteiger partial charge on any atom is 0.191 e. The Hall–Kier alpha value is -0.370. The average molecular weight is 438 g/mol. The van der Waals surface area contributed by atoms with Crippen molar-refractivity contribution < 1.29 is 0 Å². The molecule has 0 atom stereocenters. The Balaban J connectivity index is 0.00000441. The van der Waals surface area contributed by atoms with Crippen LogP contribution in [-0.2, 0) is 12.0 Å². The number of rotatable bonds is 7. The highest BCUT2D eigenvalue weighted by atomic mass is 127. The van der Waals surface area contributed by atoms with E-state index in [1.165, 1.54) is 25.7 Å². The first-order chi connectivity index (χ1) is 9.97. The van der Waals surface area contributed by atoms with Gasteiger partial charge in [-0.1, -0.05) is 47.0 Å². The average Bonchev–Trinajstić information content (AvgIpc) is 2.91. The number of guanidine groups is 1. The number of nitrogens with one attached hydrogen (secondary N) is 2. The number of hydrogen-bond donors (Lipinski definition) is 2. The molecule has 0 saturated carbocycles. The van der Waals surface area contributed by atoms with Gasteiger partial charge in [0.2, 0.25) is 0 Å². The van der Waals surface area contributed by atoms with Crippen molar-refractivity contribution in [3.63, 3.8) is 0 Å². The van der Waals surface area contributed by atoms with E-state index in [1.54, 1.807) is 11.3 Å². The standard InChI is InChI=1S/C16H30N4S.HI/c1-6-7-8-9-10-18-15(17-5)19-11-14-20-13(12-21-14)16(2,3)4;/h12H,6-11H2,1-5H3,(H2,17,18,19);1H. The number of unbranched alkanes of at least 4 members (excludes halogenated alkanes) is 3. The summed E-state index contributed by atoms with van der Waals surface area (Å²) < 4.78 is 0. The first kappa shape index (κ1) is 21.6. The summed E-state index contributed by atoms with van der Waals surface area (Å²) in [7, 11) is 1.81. The molecule has 1 rings (SSSR count). The third kappa shape index (κ3) is 8.31. The Labute approximate surface area is 156 Å². The molecule has 0 bridgehead atoms. The molecule has 1 aromatic rings. The van der Waals surface area contributed by atoms with E-state index in [-0.39, 0.29) is 29.4 Å². The summed E-state index contributed by atoms with van der Waals surface area (Å²) in [5.41, 5.74) is 1.28. The van der Waals surface area contributed by atoms with Crippen LogP contribution >= 0.6 is 35.3 Å². The number of thiazole rings is 1. The topological polar surface area (TPSA) is 49.3 Å². The highest BCUT2D eigenvalue weighted by Gasteiger charge is 2.17. The third-order valence-electron chi connectivity index (χ3n) is 3.27. The van der Waals surface area contributed by atoms with Crippen molar-refractivity contribution in [2.45, 2.75) is 65.3 Å². The van der Waals surface area contributed by atoms with Gasteiger partial charge in [-0.05, 0) is 6.42 Å². The minimum Gasteiger partial charge on any atom is -0.356 e. The van der Waals surface area contributed by atoms with Crippen LogP contribution in [-0.4, -0.2) is 24.5 Å². The molecule has 0 fully saturated rings. The molecule has 0 amide bonds.